The summed E-state index contributed by atoms with van der Waals surface area (Å²) in [5.41, 5.74) is 2.42. The number of piperidine rings is 1. The Morgan fingerprint density at radius 2 is 1.92 bits per heavy atom. The molecule has 7 nitrogen and oxygen atoms in total. The highest BCUT2D eigenvalue weighted by molar-refractivity contribution is 6.01. The molecule has 7 heteroatoms. The molecule has 1 aliphatic heterocycles. The minimum Gasteiger partial charge on any atom is -0.361 e. The van der Waals surface area contributed by atoms with E-state index in [4.69, 9.17) is 0 Å². The van der Waals surface area contributed by atoms with E-state index in [1.165, 1.54) is 19.3 Å². The van der Waals surface area contributed by atoms with Crippen molar-refractivity contribution in [1.82, 2.24) is 9.97 Å². The summed E-state index contributed by atoms with van der Waals surface area (Å²) in [5, 5.41) is 5.70. The third-order valence-corrected chi connectivity index (χ3v) is 4.34. The van der Waals surface area contributed by atoms with Crippen molar-refractivity contribution < 1.29 is 4.79 Å². The van der Waals surface area contributed by atoms with E-state index in [2.05, 4.69) is 25.5 Å². The monoisotopic (exact) mass is 354 g/mol. The average Bonchev–Trinajstić information content (AvgIpc) is 2.62. The lowest BCUT2D eigenvalue weighted by atomic mass is 10.1. The van der Waals surface area contributed by atoms with Crippen LogP contribution in [0.25, 0.3) is 0 Å². The Hall–Kier alpha value is -2.83. The van der Waals surface area contributed by atoms with Gasteiger partial charge in [0, 0.05) is 32.9 Å². The Morgan fingerprint density at radius 1 is 1.15 bits per heavy atom. The van der Waals surface area contributed by atoms with Crippen LogP contribution in [0, 0.1) is 6.92 Å². The normalized spacial score (nSPS) is 14.0. The van der Waals surface area contributed by atoms with Gasteiger partial charge in [0.25, 0.3) is 0 Å². The van der Waals surface area contributed by atoms with Crippen LogP contribution in [-0.2, 0) is 0 Å². The molecule has 0 aliphatic carbocycles. The Kier molecular flexibility index (Phi) is 5.55. The summed E-state index contributed by atoms with van der Waals surface area (Å²) >= 11 is 0. The average molecular weight is 354 g/mol. The molecule has 138 valence electrons. The van der Waals surface area contributed by atoms with Crippen molar-refractivity contribution in [2.75, 3.05) is 47.6 Å². The number of hydrogen-bond donors (Lipinski definition) is 2. The zero-order chi connectivity index (χ0) is 18.5. The van der Waals surface area contributed by atoms with Crippen molar-refractivity contribution in [3.8, 4) is 0 Å². The summed E-state index contributed by atoms with van der Waals surface area (Å²) in [7, 11) is 3.82. The molecule has 2 N–H and O–H groups in total. The van der Waals surface area contributed by atoms with Gasteiger partial charge in [-0.15, -0.1) is 0 Å². The Labute approximate surface area is 154 Å². The number of aromatic nitrogens is 2. The van der Waals surface area contributed by atoms with Gasteiger partial charge >= 0.3 is 6.03 Å². The molecule has 0 saturated carbocycles. The predicted molar refractivity (Wildman–Crippen MR) is 106 cm³/mol. The van der Waals surface area contributed by atoms with E-state index in [1.54, 1.807) is 6.20 Å². The highest BCUT2D eigenvalue weighted by atomic mass is 16.2. The Balaban J connectivity index is 1.74. The van der Waals surface area contributed by atoms with Gasteiger partial charge in [0.1, 0.15) is 5.69 Å². The van der Waals surface area contributed by atoms with E-state index < -0.39 is 0 Å². The van der Waals surface area contributed by atoms with Gasteiger partial charge in [-0.2, -0.15) is 4.98 Å². The first-order chi connectivity index (χ1) is 12.5. The number of carbonyl (C=O) groups excluding carboxylic acids is 1. The zero-order valence-electron chi connectivity index (χ0n) is 15.6. The molecule has 1 saturated heterocycles. The molecule has 1 aromatic heterocycles. The highest BCUT2D eigenvalue weighted by Crippen LogP contribution is 2.25. The fraction of sp³-hybridized carbons (Fsp3) is 0.421. The number of urea groups is 1. The SMILES string of the molecule is Cc1cccc(NC(=O)Nc2cnc(N3CCCCC3)nc2N(C)C)c1. The third-order valence-electron chi connectivity index (χ3n) is 4.34. The molecule has 0 radical (unpaired) electrons. The molecule has 0 bridgehead atoms. The number of carbonyl (C=O) groups is 1. The van der Waals surface area contributed by atoms with Crippen molar-refractivity contribution in [3.05, 3.63) is 36.0 Å². The van der Waals surface area contributed by atoms with Gasteiger partial charge in [0.15, 0.2) is 5.82 Å². The molecular formula is C19H26N6O. The van der Waals surface area contributed by atoms with Gasteiger partial charge in [-0.3, -0.25) is 0 Å². The second-order valence-corrected chi connectivity index (χ2v) is 6.80. The van der Waals surface area contributed by atoms with Crippen LogP contribution < -0.4 is 20.4 Å². The summed E-state index contributed by atoms with van der Waals surface area (Å²) < 4.78 is 0. The highest BCUT2D eigenvalue weighted by Gasteiger charge is 2.17. The molecule has 3 rings (SSSR count). The summed E-state index contributed by atoms with van der Waals surface area (Å²) in [6.45, 7) is 3.95. The molecule has 2 heterocycles. The van der Waals surface area contributed by atoms with Crippen LogP contribution in [0.3, 0.4) is 0 Å². The van der Waals surface area contributed by atoms with Crippen LogP contribution >= 0.6 is 0 Å². The number of anilines is 4. The maximum Gasteiger partial charge on any atom is 0.323 e. The van der Waals surface area contributed by atoms with Gasteiger partial charge in [0.05, 0.1) is 6.20 Å². The van der Waals surface area contributed by atoms with Gasteiger partial charge in [-0.05, 0) is 43.9 Å². The van der Waals surface area contributed by atoms with Crippen molar-refractivity contribution >= 4 is 29.2 Å². The molecule has 0 spiro atoms. The lowest BCUT2D eigenvalue weighted by molar-refractivity contribution is 0.262. The first kappa shape index (κ1) is 18.0. The van der Waals surface area contributed by atoms with Gasteiger partial charge < -0.3 is 20.4 Å². The van der Waals surface area contributed by atoms with Gasteiger partial charge in [-0.1, -0.05) is 12.1 Å². The lowest BCUT2D eigenvalue weighted by Gasteiger charge is -2.28. The first-order valence-corrected chi connectivity index (χ1v) is 8.97. The summed E-state index contributed by atoms with van der Waals surface area (Å²) in [4.78, 5) is 25.6. The van der Waals surface area contributed by atoms with E-state index >= 15 is 0 Å². The molecule has 0 unspecified atom stereocenters. The lowest BCUT2D eigenvalue weighted by Crippen LogP contribution is -2.31. The molecule has 2 amide bonds. The van der Waals surface area contributed by atoms with Crippen LogP contribution in [0.15, 0.2) is 30.5 Å². The molecule has 0 atom stereocenters. The smallest absolute Gasteiger partial charge is 0.323 e. The molecule has 1 aliphatic rings. The number of amides is 2. The third kappa shape index (κ3) is 4.41. The minimum absolute atomic E-state index is 0.312. The minimum atomic E-state index is -0.312. The van der Waals surface area contributed by atoms with Crippen molar-refractivity contribution in [1.29, 1.82) is 0 Å². The van der Waals surface area contributed by atoms with Crippen LogP contribution in [0.5, 0.6) is 0 Å². The maximum atomic E-state index is 12.3. The first-order valence-electron chi connectivity index (χ1n) is 8.97. The fourth-order valence-electron chi connectivity index (χ4n) is 3.05. The second-order valence-electron chi connectivity index (χ2n) is 6.80. The molecule has 26 heavy (non-hydrogen) atoms. The van der Waals surface area contributed by atoms with Crippen LogP contribution in [0.4, 0.5) is 27.9 Å². The summed E-state index contributed by atoms with van der Waals surface area (Å²) in [5.74, 6) is 1.41. The van der Waals surface area contributed by atoms with E-state index in [1.807, 2.05) is 50.2 Å². The number of rotatable bonds is 4. The Bertz CT molecular complexity index is 770. The maximum absolute atomic E-state index is 12.3. The quantitative estimate of drug-likeness (QED) is 0.879. The van der Waals surface area contributed by atoms with Crippen LogP contribution in [0.2, 0.25) is 0 Å². The largest absolute Gasteiger partial charge is 0.361 e. The van der Waals surface area contributed by atoms with E-state index in [0.717, 1.165) is 30.3 Å². The zero-order valence-corrected chi connectivity index (χ0v) is 15.6. The van der Waals surface area contributed by atoms with Crippen molar-refractivity contribution in [2.45, 2.75) is 26.2 Å². The van der Waals surface area contributed by atoms with E-state index in [-0.39, 0.29) is 6.03 Å². The molecular weight excluding hydrogens is 328 g/mol. The van der Waals surface area contributed by atoms with Crippen molar-refractivity contribution in [2.24, 2.45) is 0 Å². The topological polar surface area (TPSA) is 73.4 Å². The van der Waals surface area contributed by atoms with Crippen LogP contribution in [0.1, 0.15) is 24.8 Å². The number of nitrogens with one attached hydrogen (secondary N) is 2. The second kappa shape index (κ2) is 8.03. The fourth-order valence-corrected chi connectivity index (χ4v) is 3.05. The standard InChI is InChI=1S/C19H26N6O/c1-14-8-7-9-15(12-14)21-19(26)22-16-13-20-18(23-17(16)24(2)3)25-10-5-4-6-11-25/h7-9,12-13H,4-6,10-11H2,1-3H3,(H2,21,22,26). The Morgan fingerprint density at radius 3 is 2.62 bits per heavy atom. The number of hydrogen-bond acceptors (Lipinski definition) is 5. The van der Waals surface area contributed by atoms with Crippen molar-refractivity contribution in [3.63, 3.8) is 0 Å². The number of nitrogens with zero attached hydrogens (tertiary/aromatic N) is 4. The summed E-state index contributed by atoms with van der Waals surface area (Å²) in [6.07, 6.45) is 5.27. The van der Waals surface area contributed by atoms with Gasteiger partial charge in [-0.25, -0.2) is 9.78 Å². The number of benzene rings is 1. The number of aryl methyl sites for hydroxylation is 1. The van der Waals surface area contributed by atoms with E-state index in [9.17, 15) is 4.79 Å². The van der Waals surface area contributed by atoms with E-state index in [0.29, 0.717) is 11.5 Å². The summed E-state index contributed by atoms with van der Waals surface area (Å²) in [6, 6.07) is 7.36. The molecule has 1 aromatic carbocycles. The predicted octanol–water partition coefficient (Wildman–Crippen LogP) is 3.49. The molecule has 1 fully saturated rings. The van der Waals surface area contributed by atoms with Gasteiger partial charge in [0.2, 0.25) is 5.95 Å². The van der Waals surface area contributed by atoms with Crippen LogP contribution in [-0.4, -0.2) is 43.2 Å². The molecule has 2 aromatic rings.